The maximum atomic E-state index is 10.5. The zero-order valence-corrected chi connectivity index (χ0v) is 6.26. The van der Waals surface area contributed by atoms with Gasteiger partial charge in [-0.2, -0.15) is 0 Å². The van der Waals surface area contributed by atoms with Gasteiger partial charge in [0.25, 0.3) is 0 Å². The number of carbonyl (C=O) groups is 1. The predicted octanol–water partition coefficient (Wildman–Crippen LogP) is -1.13. The highest BCUT2D eigenvalue weighted by atomic mass is 35.5. The van der Waals surface area contributed by atoms with Crippen LogP contribution in [0.2, 0.25) is 0 Å². The molecule has 60 valence electrons. The molecule has 0 saturated carbocycles. The summed E-state index contributed by atoms with van der Waals surface area (Å²) < 4.78 is 4.90. The predicted molar refractivity (Wildman–Crippen MR) is 38.7 cm³/mol. The second-order valence-corrected chi connectivity index (χ2v) is 2.21. The monoisotopic (exact) mass is 166 g/mol. The van der Waals surface area contributed by atoms with Gasteiger partial charge in [0, 0.05) is 6.04 Å². The van der Waals surface area contributed by atoms with Crippen molar-refractivity contribution in [2.45, 2.75) is 6.04 Å². The topological polar surface area (TPSA) is 78.3 Å². The Labute approximate surface area is 65.3 Å². The van der Waals surface area contributed by atoms with Crippen molar-refractivity contribution in [1.82, 2.24) is 0 Å². The molecule has 10 heavy (non-hydrogen) atoms. The Morgan fingerprint density at radius 2 is 2.10 bits per heavy atom. The van der Waals surface area contributed by atoms with E-state index in [4.69, 9.17) is 16.2 Å². The number of rotatable bonds is 1. The van der Waals surface area contributed by atoms with Gasteiger partial charge < -0.3 is 16.2 Å². The van der Waals surface area contributed by atoms with E-state index in [0.29, 0.717) is 13.2 Å². The van der Waals surface area contributed by atoms with Gasteiger partial charge in [0.1, 0.15) is 0 Å². The van der Waals surface area contributed by atoms with Crippen LogP contribution in [-0.4, -0.2) is 25.2 Å². The fourth-order valence-electron chi connectivity index (χ4n) is 0.864. The average Bonchev–Trinajstić information content (AvgIpc) is 2.13. The Morgan fingerprint density at radius 3 is 2.30 bits per heavy atom. The quantitative estimate of drug-likeness (QED) is 0.517. The zero-order valence-electron chi connectivity index (χ0n) is 5.45. The van der Waals surface area contributed by atoms with Crippen LogP contribution in [-0.2, 0) is 9.53 Å². The van der Waals surface area contributed by atoms with Crippen molar-refractivity contribution in [2.75, 3.05) is 13.2 Å². The van der Waals surface area contributed by atoms with Crippen LogP contribution in [0.25, 0.3) is 0 Å². The molecule has 0 aromatic rings. The van der Waals surface area contributed by atoms with Crippen LogP contribution in [0.4, 0.5) is 0 Å². The van der Waals surface area contributed by atoms with Crippen LogP contribution in [0.15, 0.2) is 0 Å². The first-order valence-electron chi connectivity index (χ1n) is 2.84. The summed E-state index contributed by atoms with van der Waals surface area (Å²) in [6.45, 7) is 0.837. The minimum absolute atomic E-state index is 0. The first kappa shape index (κ1) is 9.68. The molecule has 5 heteroatoms. The van der Waals surface area contributed by atoms with Gasteiger partial charge in [0.2, 0.25) is 5.91 Å². The Bertz CT molecular complexity index is 131. The fraction of sp³-hybridized carbons (Fsp3) is 0.800. The molecule has 0 aromatic carbocycles. The summed E-state index contributed by atoms with van der Waals surface area (Å²) in [4.78, 5) is 10.5. The zero-order chi connectivity index (χ0) is 6.85. The van der Waals surface area contributed by atoms with E-state index >= 15 is 0 Å². The number of halogens is 1. The SMILES string of the molecule is Cl.NC(=O)C1COCC1N. The lowest BCUT2D eigenvalue weighted by atomic mass is 10.1. The smallest absolute Gasteiger partial charge is 0.224 e. The highest BCUT2D eigenvalue weighted by Gasteiger charge is 2.29. The van der Waals surface area contributed by atoms with Crippen molar-refractivity contribution in [2.24, 2.45) is 17.4 Å². The minimum atomic E-state index is -0.361. The van der Waals surface area contributed by atoms with Gasteiger partial charge in [-0.05, 0) is 0 Å². The highest BCUT2D eigenvalue weighted by molar-refractivity contribution is 5.85. The van der Waals surface area contributed by atoms with E-state index in [1.807, 2.05) is 0 Å². The van der Waals surface area contributed by atoms with Crippen LogP contribution in [0.3, 0.4) is 0 Å². The molecule has 1 amide bonds. The largest absolute Gasteiger partial charge is 0.379 e. The van der Waals surface area contributed by atoms with Crippen molar-refractivity contribution in [3.05, 3.63) is 0 Å². The van der Waals surface area contributed by atoms with Gasteiger partial charge in [0.15, 0.2) is 0 Å². The molecule has 1 fully saturated rings. The summed E-state index contributed by atoms with van der Waals surface area (Å²) in [7, 11) is 0. The minimum Gasteiger partial charge on any atom is -0.379 e. The van der Waals surface area contributed by atoms with E-state index < -0.39 is 0 Å². The number of amides is 1. The number of hydrogen-bond acceptors (Lipinski definition) is 3. The molecular weight excluding hydrogens is 156 g/mol. The molecule has 2 unspecified atom stereocenters. The Kier molecular flexibility index (Phi) is 3.63. The summed E-state index contributed by atoms with van der Waals surface area (Å²) in [5.41, 5.74) is 10.4. The number of primary amides is 1. The molecule has 0 aliphatic carbocycles. The Balaban J connectivity index is 0.000000810. The highest BCUT2D eigenvalue weighted by Crippen LogP contribution is 2.09. The molecule has 0 aromatic heterocycles. The van der Waals surface area contributed by atoms with Crippen LogP contribution < -0.4 is 11.5 Å². The fourth-order valence-corrected chi connectivity index (χ4v) is 0.864. The molecule has 1 rings (SSSR count). The molecular formula is C5H11ClN2O2. The molecule has 1 saturated heterocycles. The van der Waals surface area contributed by atoms with Gasteiger partial charge in [-0.1, -0.05) is 0 Å². The lowest BCUT2D eigenvalue weighted by Crippen LogP contribution is -2.37. The van der Waals surface area contributed by atoms with Crippen LogP contribution >= 0.6 is 12.4 Å². The molecule has 0 bridgehead atoms. The standard InChI is InChI=1S/C5H10N2O2.ClH/c6-4-2-9-1-3(4)5(7)8;/h3-4H,1-2,6H2,(H2,7,8);1H. The van der Waals surface area contributed by atoms with Crippen molar-refractivity contribution in [3.8, 4) is 0 Å². The van der Waals surface area contributed by atoms with Gasteiger partial charge in [-0.25, -0.2) is 0 Å². The van der Waals surface area contributed by atoms with E-state index in [2.05, 4.69) is 0 Å². The number of nitrogens with two attached hydrogens (primary N) is 2. The maximum absolute atomic E-state index is 10.5. The van der Waals surface area contributed by atoms with Crippen molar-refractivity contribution < 1.29 is 9.53 Å². The molecule has 1 aliphatic heterocycles. The molecule has 4 N–H and O–H groups in total. The second kappa shape index (κ2) is 3.75. The molecule has 1 aliphatic rings. The van der Waals surface area contributed by atoms with Crippen LogP contribution in [0, 0.1) is 5.92 Å². The number of ether oxygens (including phenoxy) is 1. The third kappa shape index (κ3) is 1.83. The van der Waals surface area contributed by atoms with Gasteiger partial charge in [-0.15, -0.1) is 12.4 Å². The second-order valence-electron chi connectivity index (χ2n) is 2.21. The molecule has 0 spiro atoms. The molecule has 2 atom stereocenters. The van der Waals surface area contributed by atoms with E-state index in [9.17, 15) is 4.79 Å². The van der Waals surface area contributed by atoms with Gasteiger partial charge in [-0.3, -0.25) is 4.79 Å². The van der Waals surface area contributed by atoms with E-state index in [-0.39, 0.29) is 30.3 Å². The van der Waals surface area contributed by atoms with Gasteiger partial charge in [0.05, 0.1) is 19.1 Å². The summed E-state index contributed by atoms with van der Waals surface area (Å²) >= 11 is 0. The van der Waals surface area contributed by atoms with Crippen molar-refractivity contribution >= 4 is 18.3 Å². The van der Waals surface area contributed by atoms with Crippen molar-refractivity contribution in [1.29, 1.82) is 0 Å². The Hall–Kier alpha value is -0.320. The summed E-state index contributed by atoms with van der Waals surface area (Å²) in [6, 6.07) is -0.192. The molecule has 4 nitrogen and oxygen atoms in total. The molecule has 1 heterocycles. The van der Waals surface area contributed by atoms with Crippen LogP contribution in [0.5, 0.6) is 0 Å². The summed E-state index contributed by atoms with van der Waals surface area (Å²) in [6.07, 6.45) is 0. The van der Waals surface area contributed by atoms with Gasteiger partial charge >= 0.3 is 0 Å². The maximum Gasteiger partial charge on any atom is 0.224 e. The van der Waals surface area contributed by atoms with E-state index in [1.54, 1.807) is 0 Å². The molecule has 0 radical (unpaired) electrons. The van der Waals surface area contributed by atoms with Crippen LogP contribution in [0.1, 0.15) is 0 Å². The normalized spacial score (nSPS) is 31.3. The lowest BCUT2D eigenvalue weighted by Gasteiger charge is -2.06. The van der Waals surface area contributed by atoms with E-state index in [0.717, 1.165) is 0 Å². The third-order valence-electron chi connectivity index (χ3n) is 1.49. The third-order valence-corrected chi connectivity index (χ3v) is 1.49. The number of hydrogen-bond donors (Lipinski definition) is 2. The first-order chi connectivity index (χ1) is 4.22. The number of carbonyl (C=O) groups excluding carboxylic acids is 1. The first-order valence-corrected chi connectivity index (χ1v) is 2.84. The summed E-state index contributed by atoms with van der Waals surface area (Å²) in [5, 5.41) is 0. The van der Waals surface area contributed by atoms with E-state index in [1.165, 1.54) is 0 Å². The summed E-state index contributed by atoms with van der Waals surface area (Å²) in [5.74, 6) is -0.634. The lowest BCUT2D eigenvalue weighted by molar-refractivity contribution is -0.121. The Morgan fingerprint density at radius 1 is 1.50 bits per heavy atom. The average molecular weight is 167 g/mol. The van der Waals surface area contributed by atoms with Crippen molar-refractivity contribution in [3.63, 3.8) is 0 Å².